The van der Waals surface area contributed by atoms with Gasteiger partial charge in [0.1, 0.15) is 5.75 Å². The van der Waals surface area contributed by atoms with Crippen LogP contribution in [-0.4, -0.2) is 60.9 Å². The van der Waals surface area contributed by atoms with E-state index < -0.39 is 0 Å². The highest BCUT2D eigenvalue weighted by atomic mass is 16.5. The van der Waals surface area contributed by atoms with E-state index in [1.807, 2.05) is 34.1 Å². The Labute approximate surface area is 130 Å². The molecule has 1 atom stereocenters. The minimum Gasteiger partial charge on any atom is -0.497 e. The second-order valence-electron chi connectivity index (χ2n) is 5.52. The third-order valence-corrected chi connectivity index (χ3v) is 4.14. The quantitative estimate of drug-likeness (QED) is 0.846. The Hall–Kier alpha value is -2.08. The average Bonchev–Trinajstić information content (AvgIpc) is 2.55. The third-order valence-electron chi connectivity index (χ3n) is 4.14. The molecule has 0 unspecified atom stereocenters. The monoisotopic (exact) mass is 305 g/mol. The molecule has 1 aliphatic heterocycles. The Balaban J connectivity index is 1.85. The summed E-state index contributed by atoms with van der Waals surface area (Å²) >= 11 is 0. The summed E-state index contributed by atoms with van der Waals surface area (Å²) in [6, 6.07) is 7.24. The van der Waals surface area contributed by atoms with Gasteiger partial charge in [0.15, 0.2) is 0 Å². The van der Waals surface area contributed by atoms with E-state index in [0.717, 1.165) is 11.3 Å². The molecular weight excluding hydrogens is 282 g/mol. The lowest BCUT2D eigenvalue weighted by atomic mass is 10.1. The van der Waals surface area contributed by atoms with Crippen molar-refractivity contribution >= 4 is 11.8 Å². The van der Waals surface area contributed by atoms with Gasteiger partial charge in [-0.25, -0.2) is 0 Å². The molecule has 120 valence electrons. The van der Waals surface area contributed by atoms with Crippen molar-refractivity contribution in [3.8, 4) is 5.75 Å². The molecule has 1 aromatic carbocycles. The molecule has 0 aliphatic carbocycles. The molecule has 6 heteroatoms. The van der Waals surface area contributed by atoms with Gasteiger partial charge in [-0.15, -0.1) is 0 Å². The van der Waals surface area contributed by atoms with Gasteiger partial charge in [-0.05, 0) is 24.6 Å². The van der Waals surface area contributed by atoms with Crippen LogP contribution in [-0.2, 0) is 16.0 Å². The highest BCUT2D eigenvalue weighted by Crippen LogP contribution is 2.13. The molecule has 22 heavy (non-hydrogen) atoms. The molecule has 6 nitrogen and oxygen atoms in total. The van der Waals surface area contributed by atoms with Crippen molar-refractivity contribution in [1.29, 1.82) is 0 Å². The van der Waals surface area contributed by atoms with Crippen molar-refractivity contribution in [3.05, 3.63) is 29.8 Å². The van der Waals surface area contributed by atoms with E-state index in [0.29, 0.717) is 32.6 Å². The first-order valence-corrected chi connectivity index (χ1v) is 7.45. The molecule has 0 spiro atoms. The lowest BCUT2D eigenvalue weighted by molar-refractivity contribution is -0.133. The van der Waals surface area contributed by atoms with Crippen molar-refractivity contribution in [3.63, 3.8) is 0 Å². The Kier molecular flexibility index (Phi) is 5.38. The zero-order valence-electron chi connectivity index (χ0n) is 13.1. The number of carbonyl (C=O) groups is 2. The van der Waals surface area contributed by atoms with Crippen LogP contribution in [0, 0.1) is 0 Å². The molecule has 2 rings (SSSR count). The molecule has 0 saturated carbocycles. The summed E-state index contributed by atoms with van der Waals surface area (Å²) in [5.41, 5.74) is 6.29. The molecule has 2 N–H and O–H groups in total. The predicted molar refractivity (Wildman–Crippen MR) is 83.5 cm³/mol. The van der Waals surface area contributed by atoms with Crippen LogP contribution in [0.3, 0.4) is 0 Å². The van der Waals surface area contributed by atoms with Gasteiger partial charge < -0.3 is 15.4 Å². The van der Waals surface area contributed by atoms with Crippen molar-refractivity contribution in [2.45, 2.75) is 19.4 Å². The second kappa shape index (κ2) is 7.26. The molecule has 0 aromatic heterocycles. The minimum absolute atomic E-state index is 0.108. The van der Waals surface area contributed by atoms with Crippen molar-refractivity contribution in [2.75, 3.05) is 33.3 Å². The van der Waals surface area contributed by atoms with E-state index in [2.05, 4.69) is 0 Å². The Morgan fingerprint density at radius 1 is 1.18 bits per heavy atom. The van der Waals surface area contributed by atoms with Crippen molar-refractivity contribution in [1.82, 2.24) is 9.80 Å². The number of nitrogens with zero attached hydrogens (tertiary/aromatic N) is 2. The van der Waals surface area contributed by atoms with Crippen LogP contribution in [0.15, 0.2) is 24.3 Å². The standard InChI is InChI=1S/C16H23N3O3/c1-12(16(17)21)18-7-9-19(10-8-18)15(20)11-13-3-5-14(22-2)6-4-13/h3-6,12H,7-11H2,1-2H3,(H2,17,21)/t12-/m1/s1. The number of carbonyl (C=O) groups excluding carboxylic acids is 2. The smallest absolute Gasteiger partial charge is 0.234 e. The SMILES string of the molecule is COc1ccc(CC(=O)N2CCN([C@H](C)C(N)=O)CC2)cc1. The number of hydrogen-bond donors (Lipinski definition) is 1. The number of ether oxygens (including phenoxy) is 1. The zero-order chi connectivity index (χ0) is 16.1. The van der Waals surface area contributed by atoms with E-state index in [4.69, 9.17) is 10.5 Å². The largest absolute Gasteiger partial charge is 0.497 e. The van der Waals surface area contributed by atoms with Gasteiger partial charge in [-0.1, -0.05) is 12.1 Å². The van der Waals surface area contributed by atoms with Crippen LogP contribution in [0.2, 0.25) is 0 Å². The summed E-state index contributed by atoms with van der Waals surface area (Å²) in [6.07, 6.45) is 0.384. The highest BCUT2D eigenvalue weighted by molar-refractivity contribution is 5.80. The lowest BCUT2D eigenvalue weighted by Gasteiger charge is -2.37. The summed E-state index contributed by atoms with van der Waals surface area (Å²) < 4.78 is 5.11. The Morgan fingerprint density at radius 2 is 1.77 bits per heavy atom. The fourth-order valence-corrected chi connectivity index (χ4v) is 2.57. The van der Waals surface area contributed by atoms with Crippen molar-refractivity contribution < 1.29 is 14.3 Å². The number of primary amides is 1. The molecule has 0 bridgehead atoms. The molecule has 1 fully saturated rings. The van der Waals surface area contributed by atoms with E-state index in [1.165, 1.54) is 0 Å². The summed E-state index contributed by atoms with van der Waals surface area (Å²) in [6.45, 7) is 4.42. The molecule has 1 aliphatic rings. The normalized spacial score (nSPS) is 17.1. The second-order valence-corrected chi connectivity index (χ2v) is 5.52. The topological polar surface area (TPSA) is 75.9 Å². The highest BCUT2D eigenvalue weighted by Gasteiger charge is 2.26. The first-order chi connectivity index (χ1) is 10.5. The maximum absolute atomic E-state index is 12.3. The maximum atomic E-state index is 12.3. The van der Waals surface area contributed by atoms with Crippen LogP contribution in [0.25, 0.3) is 0 Å². The number of piperazine rings is 1. The number of nitrogens with two attached hydrogens (primary N) is 1. The van der Waals surface area contributed by atoms with E-state index >= 15 is 0 Å². The van der Waals surface area contributed by atoms with Crippen LogP contribution in [0.4, 0.5) is 0 Å². The van der Waals surface area contributed by atoms with E-state index in [1.54, 1.807) is 14.0 Å². The summed E-state index contributed by atoms with van der Waals surface area (Å²) in [5.74, 6) is 0.569. The Bertz CT molecular complexity index is 522. The van der Waals surface area contributed by atoms with Gasteiger partial charge in [0, 0.05) is 26.2 Å². The summed E-state index contributed by atoms with van der Waals surface area (Å²) in [7, 11) is 1.62. The van der Waals surface area contributed by atoms with Gasteiger partial charge in [0.2, 0.25) is 11.8 Å². The molecule has 1 aromatic rings. The number of amides is 2. The predicted octanol–water partition coefficient (Wildman–Crippen LogP) is 0.256. The first-order valence-electron chi connectivity index (χ1n) is 7.45. The minimum atomic E-state index is -0.321. The fraction of sp³-hybridized carbons (Fsp3) is 0.500. The Morgan fingerprint density at radius 3 is 2.27 bits per heavy atom. The maximum Gasteiger partial charge on any atom is 0.234 e. The third kappa shape index (κ3) is 3.98. The van der Waals surface area contributed by atoms with Gasteiger partial charge >= 0.3 is 0 Å². The van der Waals surface area contributed by atoms with Crippen LogP contribution >= 0.6 is 0 Å². The molecule has 1 saturated heterocycles. The average molecular weight is 305 g/mol. The number of methoxy groups -OCH3 is 1. The number of hydrogen-bond acceptors (Lipinski definition) is 4. The van der Waals surface area contributed by atoms with Gasteiger partial charge in [-0.2, -0.15) is 0 Å². The summed E-state index contributed by atoms with van der Waals surface area (Å²) in [4.78, 5) is 27.4. The number of rotatable bonds is 5. The van der Waals surface area contributed by atoms with E-state index in [-0.39, 0.29) is 17.9 Å². The molecule has 2 amide bonds. The fourth-order valence-electron chi connectivity index (χ4n) is 2.57. The van der Waals surface area contributed by atoms with Gasteiger partial charge in [0.25, 0.3) is 0 Å². The van der Waals surface area contributed by atoms with Gasteiger partial charge in [0.05, 0.1) is 19.6 Å². The van der Waals surface area contributed by atoms with Crippen LogP contribution < -0.4 is 10.5 Å². The summed E-state index contributed by atoms with van der Waals surface area (Å²) in [5, 5.41) is 0. The number of benzene rings is 1. The van der Waals surface area contributed by atoms with E-state index in [9.17, 15) is 9.59 Å². The molecule has 0 radical (unpaired) electrons. The van der Waals surface area contributed by atoms with Crippen molar-refractivity contribution in [2.24, 2.45) is 5.73 Å². The molecule has 1 heterocycles. The van der Waals surface area contributed by atoms with Gasteiger partial charge in [-0.3, -0.25) is 14.5 Å². The zero-order valence-corrected chi connectivity index (χ0v) is 13.1. The lowest BCUT2D eigenvalue weighted by Crippen LogP contribution is -2.54. The first kappa shape index (κ1) is 16.3. The molecular formula is C16H23N3O3. The van der Waals surface area contributed by atoms with Crippen LogP contribution in [0.1, 0.15) is 12.5 Å². The van der Waals surface area contributed by atoms with Crippen LogP contribution in [0.5, 0.6) is 5.75 Å².